The Labute approximate surface area is 267 Å². The van der Waals surface area contributed by atoms with Crippen LogP contribution >= 0.6 is 0 Å². The molecule has 6 rings (SSSR count). The van der Waals surface area contributed by atoms with E-state index in [4.69, 9.17) is 5.10 Å². The number of carbonyl (C=O) groups excluding carboxylic acids is 2. The minimum atomic E-state index is -4.67. The number of benzene rings is 3. The maximum atomic E-state index is 14.4. The summed E-state index contributed by atoms with van der Waals surface area (Å²) in [7, 11) is 0. The van der Waals surface area contributed by atoms with E-state index in [1.54, 1.807) is 11.6 Å². The summed E-state index contributed by atoms with van der Waals surface area (Å²) < 4.78 is 84.4. The lowest BCUT2D eigenvalue weighted by molar-refractivity contribution is -0.137. The van der Waals surface area contributed by atoms with Crippen LogP contribution in [0.5, 0.6) is 0 Å². The third kappa shape index (κ3) is 6.56. The van der Waals surface area contributed by atoms with Crippen molar-refractivity contribution in [1.29, 1.82) is 0 Å². The number of likely N-dealkylation sites (tertiary alicyclic amines) is 1. The van der Waals surface area contributed by atoms with Gasteiger partial charge in [-0.1, -0.05) is 42.5 Å². The number of carbonyl (C=O) groups is 2. The van der Waals surface area contributed by atoms with Crippen LogP contribution < -0.4 is 4.90 Å². The molecule has 1 fully saturated rings. The minimum absolute atomic E-state index is 0.120. The van der Waals surface area contributed by atoms with Gasteiger partial charge in [0.25, 0.3) is 5.92 Å². The number of halogens is 6. The molecule has 3 aromatic carbocycles. The molecule has 2 aliphatic rings. The highest BCUT2D eigenvalue weighted by atomic mass is 19.4. The average Bonchev–Trinajstić information content (AvgIpc) is 3.41. The van der Waals surface area contributed by atoms with Crippen LogP contribution in [0.25, 0.3) is 5.69 Å². The predicted molar refractivity (Wildman–Crippen MR) is 163 cm³/mol. The molecule has 12 heteroatoms. The number of aromatic nitrogens is 2. The van der Waals surface area contributed by atoms with Crippen molar-refractivity contribution in [1.82, 2.24) is 14.7 Å². The fourth-order valence-corrected chi connectivity index (χ4v) is 6.57. The van der Waals surface area contributed by atoms with Crippen LogP contribution in [0.15, 0.2) is 78.9 Å². The number of piperidine rings is 1. The van der Waals surface area contributed by atoms with Gasteiger partial charge < -0.3 is 0 Å². The van der Waals surface area contributed by atoms with Gasteiger partial charge in [-0.2, -0.15) is 18.3 Å². The van der Waals surface area contributed by atoms with E-state index in [-0.39, 0.29) is 44.6 Å². The molecule has 1 amide bonds. The van der Waals surface area contributed by atoms with Gasteiger partial charge in [0.05, 0.1) is 22.9 Å². The SMILES string of the molecule is CCN1C(=O)[C@@H](CC(=O)c2cccc(C(F)(F)F)c2)[C@@H](c2ccc(F)cc2)c2c(CN3CCC(F)(F)CC3)nn(-c3ccccc3)c21. The zero-order valence-corrected chi connectivity index (χ0v) is 25.5. The van der Waals surface area contributed by atoms with Crippen LogP contribution in [0.1, 0.15) is 64.8 Å². The summed E-state index contributed by atoms with van der Waals surface area (Å²) >= 11 is 0. The van der Waals surface area contributed by atoms with Crippen molar-refractivity contribution in [2.75, 3.05) is 24.5 Å². The zero-order chi connectivity index (χ0) is 33.5. The second kappa shape index (κ2) is 12.6. The largest absolute Gasteiger partial charge is 0.416 e. The van der Waals surface area contributed by atoms with Crippen LogP contribution in [-0.2, 0) is 17.5 Å². The molecule has 0 aliphatic carbocycles. The van der Waals surface area contributed by atoms with Gasteiger partial charge in [-0.15, -0.1) is 0 Å². The Hall–Kier alpha value is -4.45. The molecule has 3 heterocycles. The molecule has 0 N–H and O–H groups in total. The Morgan fingerprint density at radius 1 is 0.957 bits per heavy atom. The number of alkyl halides is 5. The molecule has 0 unspecified atom stereocenters. The van der Waals surface area contributed by atoms with Crippen LogP contribution in [0.2, 0.25) is 0 Å². The number of ketones is 1. The summed E-state index contributed by atoms with van der Waals surface area (Å²) in [6, 6.07) is 18.7. The standard InChI is InChI=1S/C35H32F6N4O2/c1-2-44-32-31(28(21-43-17-15-34(37,38)16-18-43)42-45(32)26-9-4-3-5-10-26)30(22-11-13-25(36)14-12-22)27(33(44)47)20-29(46)23-7-6-8-24(19-23)35(39,40)41/h3-14,19,27,30H,2,15-18,20-21H2,1H3/t27-,30+/m0/s1. The highest BCUT2D eigenvalue weighted by molar-refractivity contribution is 6.04. The first-order valence-electron chi connectivity index (χ1n) is 15.4. The van der Waals surface area contributed by atoms with Gasteiger partial charge in [-0.3, -0.25) is 19.4 Å². The van der Waals surface area contributed by atoms with E-state index < -0.39 is 53.4 Å². The minimum Gasteiger partial charge on any atom is -0.297 e. The highest BCUT2D eigenvalue weighted by Gasteiger charge is 2.46. The monoisotopic (exact) mass is 654 g/mol. The first-order valence-corrected chi connectivity index (χ1v) is 15.4. The van der Waals surface area contributed by atoms with Crippen LogP contribution in [0.4, 0.5) is 32.2 Å². The van der Waals surface area contributed by atoms with Crippen molar-refractivity contribution < 1.29 is 35.9 Å². The molecule has 47 heavy (non-hydrogen) atoms. The van der Waals surface area contributed by atoms with Gasteiger partial charge in [0.2, 0.25) is 5.91 Å². The van der Waals surface area contributed by atoms with E-state index in [0.29, 0.717) is 28.3 Å². The fraction of sp³-hybridized carbons (Fsp3) is 0.343. The van der Waals surface area contributed by atoms with E-state index in [1.165, 1.54) is 35.2 Å². The van der Waals surface area contributed by atoms with E-state index in [2.05, 4.69) is 0 Å². The quantitative estimate of drug-likeness (QED) is 0.145. The molecule has 6 nitrogen and oxygen atoms in total. The second-order valence-corrected chi connectivity index (χ2v) is 12.0. The summed E-state index contributed by atoms with van der Waals surface area (Å²) in [6.45, 7) is 2.37. The number of fused-ring (bicyclic) bond motifs is 1. The number of Topliss-reactive ketones (excluding diaryl/α,β-unsaturated/α-hetero) is 1. The van der Waals surface area contributed by atoms with Crippen molar-refractivity contribution in [3.05, 3.63) is 113 Å². The highest BCUT2D eigenvalue weighted by Crippen LogP contribution is 2.48. The van der Waals surface area contributed by atoms with Gasteiger partial charge in [0.15, 0.2) is 5.78 Å². The smallest absolute Gasteiger partial charge is 0.297 e. The molecular weight excluding hydrogens is 622 g/mol. The molecule has 2 atom stereocenters. The van der Waals surface area contributed by atoms with E-state index in [9.17, 15) is 35.9 Å². The lowest BCUT2D eigenvalue weighted by Gasteiger charge is -2.38. The van der Waals surface area contributed by atoms with E-state index in [0.717, 1.165) is 18.2 Å². The van der Waals surface area contributed by atoms with Crippen molar-refractivity contribution in [3.8, 4) is 5.69 Å². The molecule has 0 spiro atoms. The first-order chi connectivity index (χ1) is 22.4. The van der Waals surface area contributed by atoms with Crippen LogP contribution in [0, 0.1) is 11.7 Å². The summed E-state index contributed by atoms with van der Waals surface area (Å²) in [4.78, 5) is 31.4. The van der Waals surface area contributed by atoms with Crippen molar-refractivity contribution in [3.63, 3.8) is 0 Å². The summed E-state index contributed by atoms with van der Waals surface area (Å²) in [5.41, 5.74) is 1.07. The maximum absolute atomic E-state index is 14.4. The van der Waals surface area contributed by atoms with Gasteiger partial charge in [-0.05, 0) is 48.9 Å². The number of nitrogens with zero attached hydrogens (tertiary/aromatic N) is 4. The summed E-state index contributed by atoms with van der Waals surface area (Å²) in [6.07, 6.45) is -5.72. The van der Waals surface area contributed by atoms with Gasteiger partial charge in [0, 0.05) is 62.5 Å². The number of hydrogen-bond donors (Lipinski definition) is 0. The molecule has 246 valence electrons. The van der Waals surface area contributed by atoms with Gasteiger partial charge in [0.1, 0.15) is 11.6 Å². The molecule has 1 saturated heterocycles. The number of hydrogen-bond acceptors (Lipinski definition) is 4. The summed E-state index contributed by atoms with van der Waals surface area (Å²) in [5.74, 6) is -5.85. The van der Waals surface area contributed by atoms with Crippen molar-refractivity contribution in [2.24, 2.45) is 5.92 Å². The fourth-order valence-electron chi connectivity index (χ4n) is 6.57. The first kappa shape index (κ1) is 32.5. The third-order valence-corrected chi connectivity index (χ3v) is 8.95. The van der Waals surface area contributed by atoms with Gasteiger partial charge in [-0.25, -0.2) is 17.9 Å². The van der Waals surface area contributed by atoms with Crippen molar-refractivity contribution >= 4 is 17.5 Å². The number of anilines is 1. The Morgan fingerprint density at radius 3 is 2.28 bits per heavy atom. The summed E-state index contributed by atoms with van der Waals surface area (Å²) in [5, 5.41) is 4.94. The number of amides is 1. The Bertz CT molecular complexity index is 1760. The molecule has 1 aromatic heterocycles. The van der Waals surface area contributed by atoms with Crippen molar-refractivity contribution in [2.45, 2.75) is 50.7 Å². The number of para-hydroxylation sites is 1. The van der Waals surface area contributed by atoms with Gasteiger partial charge >= 0.3 is 6.18 Å². The molecule has 0 saturated carbocycles. The van der Waals surface area contributed by atoms with E-state index >= 15 is 0 Å². The average molecular weight is 655 g/mol. The topological polar surface area (TPSA) is 58.4 Å². The zero-order valence-electron chi connectivity index (χ0n) is 25.5. The lowest BCUT2D eigenvalue weighted by Crippen LogP contribution is -2.45. The Kier molecular flexibility index (Phi) is 8.73. The Morgan fingerprint density at radius 2 is 1.64 bits per heavy atom. The van der Waals surface area contributed by atoms with Crippen LogP contribution in [0.3, 0.4) is 0 Å². The normalized spacial score (nSPS) is 19.9. The second-order valence-electron chi connectivity index (χ2n) is 12.0. The lowest BCUT2D eigenvalue weighted by atomic mass is 9.74. The molecule has 0 bridgehead atoms. The molecule has 0 radical (unpaired) electrons. The number of rotatable bonds is 8. The maximum Gasteiger partial charge on any atom is 0.416 e. The predicted octanol–water partition coefficient (Wildman–Crippen LogP) is 7.65. The van der Waals surface area contributed by atoms with Crippen LogP contribution in [-0.4, -0.2) is 51.9 Å². The molecular formula is C35H32F6N4O2. The van der Waals surface area contributed by atoms with E-state index in [1.807, 2.05) is 35.2 Å². The molecule has 4 aromatic rings. The molecule has 2 aliphatic heterocycles. The Balaban J connectivity index is 1.50. The third-order valence-electron chi connectivity index (χ3n) is 8.95.